The number of hydrogen-bond acceptors (Lipinski definition) is 5. The molecule has 1 saturated heterocycles. The van der Waals surface area contributed by atoms with Gasteiger partial charge in [-0.1, -0.05) is 24.3 Å². The van der Waals surface area contributed by atoms with Crippen LogP contribution in [-0.4, -0.2) is 41.7 Å². The molecule has 4 N–H and O–H groups in total. The van der Waals surface area contributed by atoms with E-state index in [0.29, 0.717) is 31.5 Å². The lowest BCUT2D eigenvalue weighted by Crippen LogP contribution is -2.43. The third-order valence-electron chi connectivity index (χ3n) is 5.76. The number of carbonyl (C=O) groups excluding carboxylic acids is 1. The van der Waals surface area contributed by atoms with Gasteiger partial charge in [-0.15, -0.1) is 0 Å². The van der Waals surface area contributed by atoms with Crippen molar-refractivity contribution in [1.29, 1.82) is 10.8 Å². The molecule has 1 aliphatic rings. The van der Waals surface area contributed by atoms with Crippen LogP contribution in [0.15, 0.2) is 48.5 Å². The highest BCUT2D eigenvalue weighted by atomic mass is 19.4. The van der Waals surface area contributed by atoms with Gasteiger partial charge in [-0.3, -0.25) is 15.6 Å². The summed E-state index contributed by atoms with van der Waals surface area (Å²) in [5.74, 6) is -1.63. The lowest BCUT2D eigenvalue weighted by Gasteiger charge is -2.32. The molecular formula is C24H26F4N4O2. The van der Waals surface area contributed by atoms with E-state index in [1.807, 2.05) is 0 Å². The van der Waals surface area contributed by atoms with E-state index in [9.17, 15) is 22.4 Å². The van der Waals surface area contributed by atoms with Crippen molar-refractivity contribution in [3.8, 4) is 0 Å². The van der Waals surface area contributed by atoms with Gasteiger partial charge in [0, 0.05) is 37.0 Å². The minimum absolute atomic E-state index is 0.0626. The Morgan fingerprint density at radius 2 is 1.79 bits per heavy atom. The number of alkyl halides is 3. The minimum Gasteiger partial charge on any atom is -0.425 e. The van der Waals surface area contributed by atoms with Crippen LogP contribution in [0.25, 0.3) is 0 Å². The Morgan fingerprint density at radius 1 is 1.12 bits per heavy atom. The summed E-state index contributed by atoms with van der Waals surface area (Å²) in [6.07, 6.45) is -3.40. The summed E-state index contributed by atoms with van der Waals surface area (Å²) in [6.45, 7) is 0.719. The summed E-state index contributed by atoms with van der Waals surface area (Å²) in [6, 6.07) is 9.95. The Labute approximate surface area is 194 Å². The maximum absolute atomic E-state index is 13.8. The summed E-state index contributed by atoms with van der Waals surface area (Å²) < 4.78 is 57.7. The fraction of sp³-hybridized carbons (Fsp3) is 0.375. The molecule has 0 radical (unpaired) electrons. The Bertz CT molecular complexity index is 1050. The van der Waals surface area contributed by atoms with E-state index in [1.165, 1.54) is 18.2 Å². The molecule has 0 aliphatic carbocycles. The number of ether oxygens (including phenoxy) is 1. The first-order valence-electron chi connectivity index (χ1n) is 10.8. The fourth-order valence-electron chi connectivity index (χ4n) is 3.85. The molecule has 3 rings (SSSR count). The lowest BCUT2D eigenvalue weighted by molar-refractivity contribution is -0.137. The monoisotopic (exact) mass is 478 g/mol. The highest BCUT2D eigenvalue weighted by Gasteiger charge is 2.31. The zero-order valence-corrected chi connectivity index (χ0v) is 18.4. The maximum atomic E-state index is 13.8. The van der Waals surface area contributed by atoms with E-state index >= 15 is 0 Å². The average Bonchev–Trinajstić information content (AvgIpc) is 2.80. The molecule has 1 heterocycles. The van der Waals surface area contributed by atoms with Gasteiger partial charge in [0.15, 0.2) is 5.90 Å². The average molecular weight is 478 g/mol. The van der Waals surface area contributed by atoms with Crippen molar-refractivity contribution in [3.05, 3.63) is 71.0 Å². The van der Waals surface area contributed by atoms with Gasteiger partial charge in [0.2, 0.25) is 11.8 Å². The molecule has 0 saturated carbocycles. The SMILES string of the molecule is N=C(OC(=N)C1CCN(C(=O)C[C@H](N)Cc2ccccc2F)CC1)c1cccc(C(F)(F)F)c1. The molecule has 2 aromatic carbocycles. The molecule has 0 spiro atoms. The molecule has 1 aliphatic heterocycles. The molecule has 1 atom stereocenters. The number of benzene rings is 2. The number of nitrogens with two attached hydrogens (primary N) is 1. The van der Waals surface area contributed by atoms with Gasteiger partial charge in [-0.05, 0) is 49.1 Å². The molecule has 1 fully saturated rings. The summed E-state index contributed by atoms with van der Waals surface area (Å²) in [4.78, 5) is 14.2. The zero-order chi connectivity index (χ0) is 24.9. The van der Waals surface area contributed by atoms with Crippen molar-refractivity contribution < 1.29 is 27.1 Å². The molecule has 182 valence electrons. The van der Waals surface area contributed by atoms with Crippen LogP contribution in [0.4, 0.5) is 17.6 Å². The van der Waals surface area contributed by atoms with E-state index < -0.39 is 23.7 Å². The Hall–Kier alpha value is -3.27. The molecule has 1 amide bonds. The molecule has 0 bridgehead atoms. The van der Waals surface area contributed by atoms with Crippen molar-refractivity contribution in [3.63, 3.8) is 0 Å². The van der Waals surface area contributed by atoms with Gasteiger partial charge >= 0.3 is 6.18 Å². The number of rotatable bonds is 6. The molecule has 34 heavy (non-hydrogen) atoms. The molecule has 0 unspecified atom stereocenters. The predicted molar refractivity (Wildman–Crippen MR) is 119 cm³/mol. The van der Waals surface area contributed by atoms with Crippen molar-refractivity contribution in [2.24, 2.45) is 11.7 Å². The number of amides is 1. The molecular weight excluding hydrogens is 452 g/mol. The number of likely N-dealkylation sites (tertiary alicyclic amines) is 1. The van der Waals surface area contributed by atoms with Crippen LogP contribution in [0.2, 0.25) is 0 Å². The fourth-order valence-corrected chi connectivity index (χ4v) is 3.85. The van der Waals surface area contributed by atoms with Crippen LogP contribution in [0.3, 0.4) is 0 Å². The second-order valence-corrected chi connectivity index (χ2v) is 8.29. The summed E-state index contributed by atoms with van der Waals surface area (Å²) in [7, 11) is 0. The van der Waals surface area contributed by atoms with Crippen LogP contribution in [0, 0.1) is 22.6 Å². The van der Waals surface area contributed by atoms with Crippen LogP contribution >= 0.6 is 0 Å². The Kier molecular flexibility index (Phi) is 8.03. The number of halogens is 4. The van der Waals surface area contributed by atoms with Crippen LogP contribution in [0.5, 0.6) is 0 Å². The van der Waals surface area contributed by atoms with Gasteiger partial charge in [0.25, 0.3) is 0 Å². The third-order valence-corrected chi connectivity index (χ3v) is 5.76. The minimum atomic E-state index is -4.54. The number of nitrogens with one attached hydrogen (secondary N) is 2. The third kappa shape index (κ3) is 6.63. The number of piperidine rings is 1. The second-order valence-electron chi connectivity index (χ2n) is 8.29. The Balaban J connectivity index is 1.47. The first-order chi connectivity index (χ1) is 16.0. The summed E-state index contributed by atoms with van der Waals surface area (Å²) in [5, 5.41) is 16.1. The largest absolute Gasteiger partial charge is 0.425 e. The van der Waals surface area contributed by atoms with Crippen molar-refractivity contribution in [2.75, 3.05) is 13.1 Å². The number of carbonyl (C=O) groups is 1. The van der Waals surface area contributed by atoms with E-state index in [1.54, 1.807) is 23.1 Å². The highest BCUT2D eigenvalue weighted by Crippen LogP contribution is 2.30. The molecule has 0 aromatic heterocycles. The highest BCUT2D eigenvalue weighted by molar-refractivity contribution is 5.99. The van der Waals surface area contributed by atoms with E-state index in [0.717, 1.165) is 12.1 Å². The smallest absolute Gasteiger partial charge is 0.416 e. The van der Waals surface area contributed by atoms with Crippen LogP contribution in [0.1, 0.15) is 36.0 Å². The van der Waals surface area contributed by atoms with Crippen molar-refractivity contribution in [1.82, 2.24) is 4.90 Å². The van der Waals surface area contributed by atoms with Crippen molar-refractivity contribution in [2.45, 2.75) is 37.9 Å². The number of nitrogens with zero attached hydrogens (tertiary/aromatic N) is 1. The van der Waals surface area contributed by atoms with Gasteiger partial charge in [0.05, 0.1) is 5.56 Å². The van der Waals surface area contributed by atoms with Gasteiger partial charge in [-0.25, -0.2) is 4.39 Å². The molecule has 10 heteroatoms. The van der Waals surface area contributed by atoms with Crippen LogP contribution in [-0.2, 0) is 22.1 Å². The maximum Gasteiger partial charge on any atom is 0.416 e. The molecule has 2 aromatic rings. The van der Waals surface area contributed by atoms with E-state index in [4.69, 9.17) is 21.3 Å². The van der Waals surface area contributed by atoms with Crippen molar-refractivity contribution >= 4 is 17.7 Å². The van der Waals surface area contributed by atoms with E-state index in [2.05, 4.69) is 0 Å². The summed E-state index contributed by atoms with van der Waals surface area (Å²) in [5.41, 5.74) is 5.53. The normalized spacial score (nSPS) is 15.6. The quantitative estimate of drug-likeness (QED) is 0.326. The van der Waals surface area contributed by atoms with Crippen LogP contribution < -0.4 is 5.73 Å². The summed E-state index contributed by atoms with van der Waals surface area (Å²) >= 11 is 0. The standard InChI is InChI=1S/C24H26F4N4O2/c25-20-7-2-1-4-16(20)13-19(29)14-21(33)32-10-8-15(9-11-32)22(30)34-23(31)17-5-3-6-18(12-17)24(26,27)28/h1-7,12,15,19,30-31H,8-11,13-14,29H2/t19-/m1/s1. The topological polar surface area (TPSA) is 103 Å². The lowest BCUT2D eigenvalue weighted by atomic mass is 9.95. The Morgan fingerprint density at radius 3 is 2.44 bits per heavy atom. The second kappa shape index (κ2) is 10.8. The van der Waals surface area contributed by atoms with Gasteiger partial charge < -0.3 is 15.4 Å². The van der Waals surface area contributed by atoms with E-state index in [-0.39, 0.29) is 41.9 Å². The first-order valence-corrected chi connectivity index (χ1v) is 10.8. The van der Waals surface area contributed by atoms with Gasteiger partial charge in [0.1, 0.15) is 5.82 Å². The molecule has 6 nitrogen and oxygen atoms in total. The first kappa shape index (κ1) is 25.4. The number of hydrogen-bond donors (Lipinski definition) is 3. The van der Waals surface area contributed by atoms with Gasteiger partial charge in [-0.2, -0.15) is 13.2 Å². The zero-order valence-electron chi connectivity index (χ0n) is 18.4. The predicted octanol–water partition coefficient (Wildman–Crippen LogP) is 4.36.